The first-order valence-corrected chi connectivity index (χ1v) is 9.51. The molecule has 0 radical (unpaired) electrons. The van der Waals surface area contributed by atoms with Crippen LogP contribution in [0.15, 0.2) is 42.5 Å². The normalized spacial score (nSPS) is 11.7. The van der Waals surface area contributed by atoms with Crippen LogP contribution >= 0.6 is 0 Å². The zero-order valence-electron chi connectivity index (χ0n) is 16.2. The second-order valence-electron chi connectivity index (χ2n) is 6.67. The predicted octanol–water partition coefficient (Wildman–Crippen LogP) is 5.35. The van der Waals surface area contributed by atoms with Crippen molar-refractivity contribution < 1.29 is 23.8 Å². The number of rotatable bonds is 9. The molecule has 0 saturated carbocycles. The zero-order chi connectivity index (χ0) is 20.5. The molecule has 1 atom stereocenters. The Morgan fingerprint density at radius 1 is 1.11 bits per heavy atom. The largest absolute Gasteiger partial charge is 0.481 e. The molecule has 6 heteroatoms. The molecule has 0 aliphatic rings. The molecular formula is C22H26FNO4. The molecule has 0 heterocycles. The van der Waals surface area contributed by atoms with Gasteiger partial charge in [-0.05, 0) is 31.0 Å². The van der Waals surface area contributed by atoms with Crippen molar-refractivity contribution in [3.63, 3.8) is 0 Å². The third kappa shape index (κ3) is 5.81. The van der Waals surface area contributed by atoms with Crippen molar-refractivity contribution in [1.29, 1.82) is 0 Å². The van der Waals surface area contributed by atoms with Crippen molar-refractivity contribution in [2.24, 2.45) is 0 Å². The molecule has 0 aromatic heterocycles. The Morgan fingerprint density at radius 3 is 2.54 bits per heavy atom. The molecule has 28 heavy (non-hydrogen) atoms. The second-order valence-corrected chi connectivity index (χ2v) is 6.67. The van der Waals surface area contributed by atoms with Gasteiger partial charge in [0.05, 0.1) is 5.92 Å². The molecule has 0 saturated heterocycles. The maximum atomic E-state index is 14.6. The summed E-state index contributed by atoms with van der Waals surface area (Å²) < 4.78 is 20.0. The lowest BCUT2D eigenvalue weighted by Crippen LogP contribution is -2.27. The van der Waals surface area contributed by atoms with Crippen LogP contribution in [-0.4, -0.2) is 23.7 Å². The Kier molecular flexibility index (Phi) is 7.99. The smallest absolute Gasteiger partial charge is 0.412 e. The quantitative estimate of drug-likeness (QED) is 0.569. The van der Waals surface area contributed by atoms with E-state index in [1.54, 1.807) is 30.3 Å². The van der Waals surface area contributed by atoms with Crippen molar-refractivity contribution in [3.05, 3.63) is 53.8 Å². The number of nitrogens with one attached hydrogen (secondary N) is 1. The number of amides is 1. The van der Waals surface area contributed by atoms with Crippen LogP contribution in [0.1, 0.15) is 51.0 Å². The summed E-state index contributed by atoms with van der Waals surface area (Å²) in [6.45, 7) is 4.14. The Labute approximate surface area is 164 Å². The first-order chi connectivity index (χ1) is 13.4. The van der Waals surface area contributed by atoms with E-state index in [0.29, 0.717) is 17.7 Å². The van der Waals surface area contributed by atoms with Crippen LogP contribution in [0.5, 0.6) is 5.75 Å². The molecule has 0 aliphatic heterocycles. The molecular weight excluding hydrogens is 361 g/mol. The molecule has 2 aromatic carbocycles. The number of aliphatic carboxylic acids is 1. The van der Waals surface area contributed by atoms with Crippen LogP contribution in [0, 0.1) is 5.82 Å². The van der Waals surface area contributed by atoms with E-state index in [-0.39, 0.29) is 11.3 Å². The molecule has 1 unspecified atom stereocenters. The zero-order valence-corrected chi connectivity index (χ0v) is 16.2. The van der Waals surface area contributed by atoms with Crippen LogP contribution in [0.2, 0.25) is 0 Å². The van der Waals surface area contributed by atoms with E-state index in [1.165, 1.54) is 19.1 Å². The minimum absolute atomic E-state index is 0.242. The number of benzene rings is 2. The molecule has 1 amide bonds. The first kappa shape index (κ1) is 21.4. The third-order valence-electron chi connectivity index (χ3n) is 4.54. The summed E-state index contributed by atoms with van der Waals surface area (Å²) in [7, 11) is 0. The Hall–Kier alpha value is -2.89. The SMILES string of the molecule is CCCCCCNC(=O)Oc1ccccc1-c1ccc(C(C)C(=O)O)cc1F. The lowest BCUT2D eigenvalue weighted by atomic mass is 9.96. The van der Waals surface area contributed by atoms with Crippen LogP contribution in [0.25, 0.3) is 11.1 Å². The van der Waals surface area contributed by atoms with Gasteiger partial charge in [-0.3, -0.25) is 4.79 Å². The standard InChI is InChI=1S/C22H26FNO4/c1-3-4-5-8-13-24-22(27)28-20-10-7-6-9-18(20)17-12-11-16(14-19(17)23)15(2)21(25)26/h6-7,9-12,14-15H,3-5,8,13H2,1-2H3,(H,24,27)(H,25,26). The highest BCUT2D eigenvalue weighted by Gasteiger charge is 2.18. The van der Waals surface area contributed by atoms with Crippen LogP contribution < -0.4 is 10.1 Å². The van der Waals surface area contributed by atoms with E-state index in [1.807, 2.05) is 0 Å². The maximum absolute atomic E-state index is 14.6. The summed E-state index contributed by atoms with van der Waals surface area (Å²) in [5.74, 6) is -2.16. The summed E-state index contributed by atoms with van der Waals surface area (Å²) >= 11 is 0. The number of halogens is 1. The summed E-state index contributed by atoms with van der Waals surface area (Å²) in [6.07, 6.45) is 3.57. The lowest BCUT2D eigenvalue weighted by molar-refractivity contribution is -0.138. The van der Waals surface area contributed by atoms with Crippen molar-refractivity contribution >= 4 is 12.1 Å². The highest BCUT2D eigenvalue weighted by Crippen LogP contribution is 2.33. The molecule has 0 aliphatic carbocycles. The van der Waals surface area contributed by atoms with Crippen molar-refractivity contribution in [2.75, 3.05) is 6.54 Å². The summed E-state index contributed by atoms with van der Waals surface area (Å²) in [5, 5.41) is 11.8. The van der Waals surface area contributed by atoms with Gasteiger partial charge in [0.2, 0.25) is 0 Å². The third-order valence-corrected chi connectivity index (χ3v) is 4.54. The fourth-order valence-corrected chi connectivity index (χ4v) is 2.82. The highest BCUT2D eigenvalue weighted by molar-refractivity contribution is 5.79. The minimum Gasteiger partial charge on any atom is -0.481 e. The van der Waals surface area contributed by atoms with E-state index < -0.39 is 23.8 Å². The van der Waals surface area contributed by atoms with Crippen LogP contribution in [-0.2, 0) is 4.79 Å². The van der Waals surface area contributed by atoms with Crippen molar-refractivity contribution in [1.82, 2.24) is 5.32 Å². The van der Waals surface area contributed by atoms with Gasteiger partial charge >= 0.3 is 12.1 Å². The summed E-state index contributed by atoms with van der Waals surface area (Å²) in [4.78, 5) is 23.1. The molecule has 5 nitrogen and oxygen atoms in total. The molecule has 2 N–H and O–H groups in total. The predicted molar refractivity (Wildman–Crippen MR) is 106 cm³/mol. The van der Waals surface area contributed by atoms with Crippen LogP contribution in [0.4, 0.5) is 9.18 Å². The average Bonchev–Trinajstić information content (AvgIpc) is 2.67. The van der Waals surface area contributed by atoms with Gasteiger partial charge in [0.25, 0.3) is 0 Å². The molecule has 0 bridgehead atoms. The first-order valence-electron chi connectivity index (χ1n) is 9.51. The number of ether oxygens (including phenoxy) is 1. The van der Waals surface area contributed by atoms with Gasteiger partial charge in [-0.2, -0.15) is 0 Å². The van der Waals surface area contributed by atoms with E-state index in [4.69, 9.17) is 9.84 Å². The van der Waals surface area contributed by atoms with Crippen LogP contribution in [0.3, 0.4) is 0 Å². The number of carboxylic acids is 1. The lowest BCUT2D eigenvalue weighted by Gasteiger charge is -2.13. The fraction of sp³-hybridized carbons (Fsp3) is 0.364. The number of carbonyl (C=O) groups excluding carboxylic acids is 1. The fourth-order valence-electron chi connectivity index (χ4n) is 2.82. The summed E-state index contributed by atoms with van der Waals surface area (Å²) in [6, 6.07) is 11.0. The number of carbonyl (C=O) groups is 2. The maximum Gasteiger partial charge on any atom is 0.412 e. The Balaban J connectivity index is 2.13. The number of para-hydroxylation sites is 1. The number of hydrogen-bond donors (Lipinski definition) is 2. The monoisotopic (exact) mass is 387 g/mol. The second kappa shape index (κ2) is 10.4. The average molecular weight is 387 g/mol. The minimum atomic E-state index is -1.02. The molecule has 0 spiro atoms. The van der Waals surface area contributed by atoms with Crippen molar-refractivity contribution in [2.45, 2.75) is 45.4 Å². The van der Waals surface area contributed by atoms with Gasteiger partial charge < -0.3 is 15.2 Å². The Morgan fingerprint density at radius 2 is 1.86 bits per heavy atom. The van der Waals surface area contributed by atoms with E-state index >= 15 is 0 Å². The van der Waals surface area contributed by atoms with Gasteiger partial charge in [-0.15, -0.1) is 0 Å². The van der Waals surface area contributed by atoms with Gasteiger partial charge in [0.15, 0.2) is 0 Å². The number of carboxylic acid groups (broad SMARTS) is 1. The highest BCUT2D eigenvalue weighted by atomic mass is 19.1. The Bertz CT molecular complexity index is 822. The summed E-state index contributed by atoms with van der Waals surface area (Å²) in [5.41, 5.74) is 1.04. The van der Waals surface area contributed by atoms with E-state index in [0.717, 1.165) is 25.7 Å². The number of hydrogen-bond acceptors (Lipinski definition) is 3. The van der Waals surface area contributed by atoms with E-state index in [9.17, 15) is 14.0 Å². The molecule has 150 valence electrons. The molecule has 2 aromatic rings. The number of unbranched alkanes of at least 4 members (excludes halogenated alkanes) is 3. The van der Waals surface area contributed by atoms with Gasteiger partial charge in [-0.25, -0.2) is 9.18 Å². The van der Waals surface area contributed by atoms with Gasteiger partial charge in [0, 0.05) is 17.7 Å². The van der Waals surface area contributed by atoms with Crippen molar-refractivity contribution in [3.8, 4) is 16.9 Å². The van der Waals surface area contributed by atoms with E-state index in [2.05, 4.69) is 12.2 Å². The molecule has 0 fully saturated rings. The molecule has 2 rings (SSSR count). The topological polar surface area (TPSA) is 75.6 Å². The van der Waals surface area contributed by atoms with Gasteiger partial charge in [-0.1, -0.05) is 56.5 Å². The van der Waals surface area contributed by atoms with Gasteiger partial charge in [0.1, 0.15) is 11.6 Å².